The number of rotatable bonds is 4. The second-order valence-electron chi connectivity index (χ2n) is 4.21. The van der Waals surface area contributed by atoms with Crippen molar-refractivity contribution in [1.82, 2.24) is 0 Å². The molecule has 0 fully saturated rings. The van der Waals surface area contributed by atoms with E-state index in [1.807, 2.05) is 23.5 Å². The van der Waals surface area contributed by atoms with Crippen LogP contribution >= 0.6 is 11.3 Å². The zero-order chi connectivity index (χ0) is 12.3. The van der Waals surface area contributed by atoms with E-state index in [9.17, 15) is 0 Å². The summed E-state index contributed by atoms with van der Waals surface area (Å²) < 4.78 is 5.87. The van der Waals surface area contributed by atoms with Gasteiger partial charge in [-0.1, -0.05) is 19.1 Å². The van der Waals surface area contributed by atoms with E-state index in [1.165, 1.54) is 20.9 Å². The summed E-state index contributed by atoms with van der Waals surface area (Å²) >= 11 is 1.84. The SMILES string of the molecule is CCc1ccc(COc2cccc(C)c2C)s1. The summed E-state index contributed by atoms with van der Waals surface area (Å²) in [5, 5.41) is 0. The molecule has 2 heteroatoms. The first-order valence-corrected chi connectivity index (χ1v) is 6.79. The quantitative estimate of drug-likeness (QED) is 0.771. The minimum Gasteiger partial charge on any atom is -0.488 e. The molecule has 0 saturated heterocycles. The van der Waals surface area contributed by atoms with Gasteiger partial charge in [0, 0.05) is 9.75 Å². The van der Waals surface area contributed by atoms with Crippen molar-refractivity contribution in [3.05, 3.63) is 51.2 Å². The maximum atomic E-state index is 5.87. The largest absolute Gasteiger partial charge is 0.488 e. The van der Waals surface area contributed by atoms with E-state index in [4.69, 9.17) is 4.74 Å². The number of aryl methyl sites for hydroxylation is 2. The maximum absolute atomic E-state index is 5.87. The highest BCUT2D eigenvalue weighted by Gasteiger charge is 2.03. The maximum Gasteiger partial charge on any atom is 0.123 e. The average Bonchev–Trinajstić information content (AvgIpc) is 2.79. The van der Waals surface area contributed by atoms with Crippen LogP contribution in [0.3, 0.4) is 0 Å². The molecule has 0 aliphatic rings. The lowest BCUT2D eigenvalue weighted by Crippen LogP contribution is -1.95. The summed E-state index contributed by atoms with van der Waals surface area (Å²) in [5.74, 6) is 0.997. The van der Waals surface area contributed by atoms with Crippen LogP contribution in [-0.2, 0) is 13.0 Å². The van der Waals surface area contributed by atoms with Crippen molar-refractivity contribution in [2.24, 2.45) is 0 Å². The van der Waals surface area contributed by atoms with Gasteiger partial charge in [-0.3, -0.25) is 0 Å². The smallest absolute Gasteiger partial charge is 0.123 e. The molecule has 1 aromatic heterocycles. The molecule has 0 saturated carbocycles. The highest BCUT2D eigenvalue weighted by Crippen LogP contribution is 2.23. The summed E-state index contributed by atoms with van der Waals surface area (Å²) in [6.07, 6.45) is 1.11. The lowest BCUT2D eigenvalue weighted by molar-refractivity contribution is 0.307. The first-order chi connectivity index (χ1) is 8.20. The molecule has 0 aliphatic carbocycles. The van der Waals surface area contributed by atoms with Crippen LogP contribution < -0.4 is 4.74 Å². The van der Waals surface area contributed by atoms with Gasteiger partial charge < -0.3 is 4.74 Å². The molecular formula is C15H18OS. The number of ether oxygens (including phenoxy) is 1. The Morgan fingerprint density at radius 2 is 1.82 bits per heavy atom. The second kappa shape index (κ2) is 5.37. The van der Waals surface area contributed by atoms with Gasteiger partial charge in [0.1, 0.15) is 12.4 Å². The number of thiophene rings is 1. The molecule has 0 N–H and O–H groups in total. The summed E-state index contributed by atoms with van der Waals surface area (Å²) in [5.41, 5.74) is 2.52. The van der Waals surface area contributed by atoms with Crippen molar-refractivity contribution in [3.63, 3.8) is 0 Å². The summed E-state index contributed by atoms with van der Waals surface area (Å²) in [6, 6.07) is 10.5. The van der Waals surface area contributed by atoms with E-state index in [0.717, 1.165) is 12.2 Å². The predicted molar refractivity (Wildman–Crippen MR) is 73.9 cm³/mol. The highest BCUT2D eigenvalue weighted by atomic mass is 32.1. The predicted octanol–water partition coefficient (Wildman–Crippen LogP) is 4.51. The third kappa shape index (κ3) is 2.89. The van der Waals surface area contributed by atoms with Crippen molar-refractivity contribution >= 4 is 11.3 Å². The van der Waals surface area contributed by atoms with Gasteiger partial charge in [0.2, 0.25) is 0 Å². The first kappa shape index (κ1) is 12.2. The fourth-order valence-electron chi connectivity index (χ4n) is 1.72. The molecule has 0 radical (unpaired) electrons. The van der Waals surface area contributed by atoms with Crippen LogP contribution in [0.4, 0.5) is 0 Å². The van der Waals surface area contributed by atoms with Gasteiger partial charge in [0.05, 0.1) is 0 Å². The van der Waals surface area contributed by atoms with Crippen LogP contribution in [0, 0.1) is 13.8 Å². The summed E-state index contributed by atoms with van der Waals surface area (Å²) in [4.78, 5) is 2.72. The van der Waals surface area contributed by atoms with Crippen LogP contribution in [0.1, 0.15) is 27.8 Å². The Kier molecular flexibility index (Phi) is 3.85. The molecule has 0 atom stereocenters. The van der Waals surface area contributed by atoms with Crippen molar-refractivity contribution < 1.29 is 4.74 Å². The fraction of sp³-hybridized carbons (Fsp3) is 0.333. The molecule has 1 heterocycles. The molecule has 2 aromatic rings. The second-order valence-corrected chi connectivity index (χ2v) is 5.46. The monoisotopic (exact) mass is 246 g/mol. The lowest BCUT2D eigenvalue weighted by Gasteiger charge is -2.09. The van der Waals surface area contributed by atoms with Crippen molar-refractivity contribution in [2.45, 2.75) is 33.8 Å². The Morgan fingerprint density at radius 3 is 2.53 bits per heavy atom. The van der Waals surface area contributed by atoms with Crippen LogP contribution in [0.5, 0.6) is 5.75 Å². The Bertz CT molecular complexity index is 499. The van der Waals surface area contributed by atoms with E-state index in [0.29, 0.717) is 6.61 Å². The van der Waals surface area contributed by atoms with Crippen LogP contribution in [0.25, 0.3) is 0 Å². The molecule has 0 aliphatic heterocycles. The molecule has 1 aromatic carbocycles. The number of benzene rings is 1. The van der Waals surface area contributed by atoms with Gasteiger partial charge in [0.15, 0.2) is 0 Å². The van der Waals surface area contributed by atoms with Crippen molar-refractivity contribution in [2.75, 3.05) is 0 Å². The summed E-state index contributed by atoms with van der Waals surface area (Å²) in [6.45, 7) is 7.08. The van der Waals surface area contributed by atoms with Gasteiger partial charge in [0.25, 0.3) is 0 Å². The highest BCUT2D eigenvalue weighted by molar-refractivity contribution is 7.11. The van der Waals surface area contributed by atoms with Gasteiger partial charge in [-0.15, -0.1) is 11.3 Å². The molecule has 90 valence electrons. The molecular weight excluding hydrogens is 228 g/mol. The lowest BCUT2D eigenvalue weighted by atomic mass is 10.1. The Hall–Kier alpha value is -1.28. The topological polar surface area (TPSA) is 9.23 Å². The van der Waals surface area contributed by atoms with Crippen LogP contribution in [-0.4, -0.2) is 0 Å². The van der Waals surface area contributed by atoms with Gasteiger partial charge in [-0.2, -0.15) is 0 Å². The van der Waals surface area contributed by atoms with Crippen molar-refractivity contribution in [1.29, 1.82) is 0 Å². The van der Waals surface area contributed by atoms with E-state index >= 15 is 0 Å². The Balaban J connectivity index is 2.04. The molecule has 0 amide bonds. The van der Waals surface area contributed by atoms with E-state index < -0.39 is 0 Å². The molecule has 2 rings (SSSR count). The normalized spacial score (nSPS) is 10.5. The molecule has 0 bridgehead atoms. The van der Waals surface area contributed by atoms with Crippen LogP contribution in [0.15, 0.2) is 30.3 Å². The fourth-order valence-corrected chi connectivity index (χ4v) is 2.59. The number of hydrogen-bond acceptors (Lipinski definition) is 2. The molecule has 0 unspecified atom stereocenters. The molecule has 17 heavy (non-hydrogen) atoms. The van der Waals surface area contributed by atoms with Gasteiger partial charge >= 0.3 is 0 Å². The van der Waals surface area contributed by atoms with Gasteiger partial charge in [-0.05, 0) is 49.6 Å². The Morgan fingerprint density at radius 1 is 1.06 bits per heavy atom. The third-order valence-corrected chi connectivity index (χ3v) is 4.19. The zero-order valence-corrected chi connectivity index (χ0v) is 11.4. The third-order valence-electron chi connectivity index (χ3n) is 2.99. The molecule has 0 spiro atoms. The standard InChI is InChI=1S/C15H18OS/c1-4-13-8-9-14(17-13)10-16-15-7-5-6-11(2)12(15)3/h5-9H,4,10H2,1-3H3. The van der Waals surface area contributed by atoms with Crippen LogP contribution in [0.2, 0.25) is 0 Å². The zero-order valence-electron chi connectivity index (χ0n) is 10.6. The Labute approximate surface area is 107 Å². The minimum atomic E-state index is 0.676. The number of hydrogen-bond donors (Lipinski definition) is 0. The van der Waals surface area contributed by atoms with Gasteiger partial charge in [-0.25, -0.2) is 0 Å². The first-order valence-electron chi connectivity index (χ1n) is 5.97. The minimum absolute atomic E-state index is 0.676. The average molecular weight is 246 g/mol. The van der Waals surface area contributed by atoms with E-state index in [-0.39, 0.29) is 0 Å². The molecule has 1 nitrogen and oxygen atoms in total. The van der Waals surface area contributed by atoms with E-state index in [2.05, 4.69) is 39.0 Å². The van der Waals surface area contributed by atoms with Crippen molar-refractivity contribution in [3.8, 4) is 5.75 Å². The van der Waals surface area contributed by atoms with E-state index in [1.54, 1.807) is 0 Å². The summed E-state index contributed by atoms with van der Waals surface area (Å²) in [7, 11) is 0.